The highest BCUT2D eigenvalue weighted by Gasteiger charge is 2.12. The van der Waals surface area contributed by atoms with E-state index in [9.17, 15) is 13.2 Å². The largest absolute Gasteiger partial charge is 0.475 e. The van der Waals surface area contributed by atoms with Crippen molar-refractivity contribution in [3.8, 4) is 0 Å². The van der Waals surface area contributed by atoms with Crippen LogP contribution in [0.5, 0.6) is 0 Å². The minimum absolute atomic E-state index is 0.0724. The number of aromatic carboxylic acids is 1. The standard InChI is InChI=1S/C10H16N2O5S/c1-18(15,16)12-5-2-4-11-7-8-3-6-17-9(8)10(13)14/h3,6,11-12H,2,4-5,7H2,1H3,(H,13,14). The van der Waals surface area contributed by atoms with E-state index in [4.69, 9.17) is 9.52 Å². The first kappa shape index (κ1) is 14.7. The molecule has 0 aromatic carbocycles. The average Bonchev–Trinajstić information content (AvgIpc) is 2.69. The van der Waals surface area contributed by atoms with Gasteiger partial charge >= 0.3 is 5.97 Å². The second-order valence-corrected chi connectivity index (χ2v) is 5.61. The summed E-state index contributed by atoms with van der Waals surface area (Å²) < 4.78 is 28.7. The zero-order valence-corrected chi connectivity index (χ0v) is 10.8. The quantitative estimate of drug-likeness (QED) is 0.577. The van der Waals surface area contributed by atoms with E-state index < -0.39 is 16.0 Å². The minimum atomic E-state index is -3.14. The van der Waals surface area contributed by atoms with Gasteiger partial charge in [-0.25, -0.2) is 17.9 Å². The van der Waals surface area contributed by atoms with E-state index in [1.54, 1.807) is 6.07 Å². The lowest BCUT2D eigenvalue weighted by Crippen LogP contribution is -2.26. The van der Waals surface area contributed by atoms with Gasteiger partial charge in [-0.05, 0) is 19.0 Å². The normalized spacial score (nSPS) is 11.6. The van der Waals surface area contributed by atoms with Crippen molar-refractivity contribution in [2.45, 2.75) is 13.0 Å². The molecule has 1 rings (SSSR count). The Balaban J connectivity index is 2.22. The van der Waals surface area contributed by atoms with Gasteiger partial charge in [0.25, 0.3) is 0 Å². The number of rotatable bonds is 8. The maximum absolute atomic E-state index is 10.8. The highest BCUT2D eigenvalue weighted by molar-refractivity contribution is 7.88. The van der Waals surface area contributed by atoms with E-state index in [2.05, 4.69) is 10.0 Å². The van der Waals surface area contributed by atoms with Gasteiger partial charge in [-0.3, -0.25) is 0 Å². The second kappa shape index (κ2) is 6.53. The first-order chi connectivity index (χ1) is 8.40. The Morgan fingerprint density at radius 3 is 2.78 bits per heavy atom. The van der Waals surface area contributed by atoms with Crippen LogP contribution in [0, 0.1) is 0 Å². The fourth-order valence-corrected chi connectivity index (χ4v) is 1.87. The molecule has 0 aliphatic rings. The van der Waals surface area contributed by atoms with Crippen LogP contribution < -0.4 is 10.0 Å². The third-order valence-electron chi connectivity index (χ3n) is 2.15. The van der Waals surface area contributed by atoms with Crippen LogP contribution in [0.2, 0.25) is 0 Å². The van der Waals surface area contributed by atoms with Gasteiger partial charge in [0.2, 0.25) is 15.8 Å². The number of carboxylic acid groups (broad SMARTS) is 1. The molecule has 0 radical (unpaired) electrons. The van der Waals surface area contributed by atoms with Gasteiger partial charge in [-0.1, -0.05) is 0 Å². The van der Waals surface area contributed by atoms with Crippen molar-refractivity contribution >= 4 is 16.0 Å². The number of nitrogens with one attached hydrogen (secondary N) is 2. The van der Waals surface area contributed by atoms with Gasteiger partial charge < -0.3 is 14.8 Å². The molecule has 3 N–H and O–H groups in total. The fraction of sp³-hybridized carbons (Fsp3) is 0.500. The van der Waals surface area contributed by atoms with Crippen molar-refractivity contribution < 1.29 is 22.7 Å². The van der Waals surface area contributed by atoms with E-state index in [1.807, 2.05) is 0 Å². The summed E-state index contributed by atoms with van der Waals surface area (Å²) in [7, 11) is -3.14. The lowest BCUT2D eigenvalue weighted by molar-refractivity contribution is 0.0660. The van der Waals surface area contributed by atoms with Gasteiger partial charge in [-0.2, -0.15) is 0 Å². The van der Waals surface area contributed by atoms with Crippen LogP contribution in [-0.2, 0) is 16.6 Å². The zero-order chi connectivity index (χ0) is 13.6. The predicted octanol–water partition coefficient (Wildman–Crippen LogP) is 0.00670. The van der Waals surface area contributed by atoms with E-state index in [-0.39, 0.29) is 5.76 Å². The maximum Gasteiger partial charge on any atom is 0.372 e. The molecule has 0 saturated heterocycles. The number of sulfonamides is 1. The lowest BCUT2D eigenvalue weighted by Gasteiger charge is -2.04. The van der Waals surface area contributed by atoms with Gasteiger partial charge in [0.05, 0.1) is 12.5 Å². The molecule has 102 valence electrons. The Hall–Kier alpha value is -1.38. The molecule has 0 amide bonds. The number of hydrogen-bond acceptors (Lipinski definition) is 5. The summed E-state index contributed by atoms with van der Waals surface area (Å²) in [5.41, 5.74) is 0.568. The first-order valence-corrected chi connectivity index (χ1v) is 7.24. The van der Waals surface area contributed by atoms with Gasteiger partial charge in [0.15, 0.2) is 0 Å². The van der Waals surface area contributed by atoms with E-state index in [1.165, 1.54) is 6.26 Å². The molecule has 7 nitrogen and oxygen atoms in total. The molecule has 0 unspecified atom stereocenters. The summed E-state index contributed by atoms with van der Waals surface area (Å²) >= 11 is 0. The topological polar surface area (TPSA) is 109 Å². The van der Waals surface area contributed by atoms with Crippen molar-refractivity contribution in [3.05, 3.63) is 23.7 Å². The van der Waals surface area contributed by atoms with Crippen LogP contribution in [0.1, 0.15) is 22.5 Å². The Labute approximate surface area is 105 Å². The Kier molecular flexibility index (Phi) is 5.32. The minimum Gasteiger partial charge on any atom is -0.475 e. The second-order valence-electron chi connectivity index (χ2n) is 3.78. The predicted molar refractivity (Wildman–Crippen MR) is 64.8 cm³/mol. The number of hydrogen-bond donors (Lipinski definition) is 3. The summed E-state index contributed by atoms with van der Waals surface area (Å²) in [5.74, 6) is -1.17. The Morgan fingerprint density at radius 2 is 2.17 bits per heavy atom. The molecule has 1 heterocycles. The van der Waals surface area contributed by atoms with Crippen LogP contribution in [0.15, 0.2) is 16.7 Å². The summed E-state index contributed by atoms with van der Waals surface area (Å²) in [5, 5.41) is 11.8. The third kappa shape index (κ3) is 5.30. The summed E-state index contributed by atoms with van der Waals surface area (Å²) in [4.78, 5) is 10.7. The van der Waals surface area contributed by atoms with Crippen LogP contribution in [0.3, 0.4) is 0 Å². The van der Waals surface area contributed by atoms with Crippen molar-refractivity contribution in [1.29, 1.82) is 0 Å². The maximum atomic E-state index is 10.8. The van der Waals surface area contributed by atoms with Gasteiger partial charge in [0, 0.05) is 18.7 Å². The molecule has 1 aromatic heterocycles. The SMILES string of the molecule is CS(=O)(=O)NCCCNCc1ccoc1C(=O)O. The Bertz CT molecular complexity index is 494. The average molecular weight is 276 g/mol. The van der Waals surface area contributed by atoms with E-state index >= 15 is 0 Å². The third-order valence-corrected chi connectivity index (χ3v) is 2.88. The highest BCUT2D eigenvalue weighted by Crippen LogP contribution is 2.09. The highest BCUT2D eigenvalue weighted by atomic mass is 32.2. The van der Waals surface area contributed by atoms with Gasteiger partial charge in [0.1, 0.15) is 0 Å². The van der Waals surface area contributed by atoms with Crippen molar-refractivity contribution in [2.24, 2.45) is 0 Å². The van der Waals surface area contributed by atoms with Gasteiger partial charge in [-0.15, -0.1) is 0 Å². The molecular formula is C10H16N2O5S. The lowest BCUT2D eigenvalue weighted by atomic mass is 10.2. The van der Waals surface area contributed by atoms with E-state index in [0.29, 0.717) is 31.6 Å². The summed E-state index contributed by atoms with van der Waals surface area (Å²) in [6, 6.07) is 1.59. The van der Waals surface area contributed by atoms with Crippen molar-refractivity contribution in [3.63, 3.8) is 0 Å². The number of furan rings is 1. The molecule has 0 aliphatic heterocycles. The van der Waals surface area contributed by atoms with Crippen LogP contribution in [-0.4, -0.2) is 38.8 Å². The zero-order valence-electron chi connectivity index (χ0n) is 9.97. The molecule has 8 heteroatoms. The van der Waals surface area contributed by atoms with Crippen molar-refractivity contribution in [1.82, 2.24) is 10.0 Å². The number of carboxylic acids is 1. The molecule has 1 aromatic rings. The summed E-state index contributed by atoms with van der Waals surface area (Å²) in [6.07, 6.45) is 3.05. The van der Waals surface area contributed by atoms with Crippen LogP contribution in [0.4, 0.5) is 0 Å². The molecule has 0 spiro atoms. The van der Waals surface area contributed by atoms with Crippen LogP contribution >= 0.6 is 0 Å². The number of carbonyl (C=O) groups is 1. The molecule has 0 aliphatic carbocycles. The molecule has 0 bridgehead atoms. The molecule has 0 atom stereocenters. The van der Waals surface area contributed by atoms with Crippen LogP contribution in [0.25, 0.3) is 0 Å². The molecule has 0 saturated carbocycles. The fourth-order valence-electron chi connectivity index (χ4n) is 1.36. The Morgan fingerprint density at radius 1 is 1.44 bits per heavy atom. The summed E-state index contributed by atoms with van der Waals surface area (Å²) in [6.45, 7) is 1.30. The molecule has 18 heavy (non-hydrogen) atoms. The van der Waals surface area contributed by atoms with E-state index in [0.717, 1.165) is 6.26 Å². The monoisotopic (exact) mass is 276 g/mol. The first-order valence-electron chi connectivity index (χ1n) is 5.35. The molecular weight excluding hydrogens is 260 g/mol. The smallest absolute Gasteiger partial charge is 0.372 e. The van der Waals surface area contributed by atoms with Crippen molar-refractivity contribution in [2.75, 3.05) is 19.3 Å². The molecule has 0 fully saturated rings.